The molecule has 0 bridgehead atoms. The Morgan fingerprint density at radius 2 is 1.70 bits per heavy atom. The number of hydrogen-bond acceptors (Lipinski definition) is 6. The number of carbonyl (C=O) groups excluding carboxylic acids is 2. The topological polar surface area (TPSA) is 129 Å². The van der Waals surface area contributed by atoms with Crippen LogP contribution in [0, 0.1) is 11.6 Å². The zero-order valence-electron chi connectivity index (χ0n) is 23.7. The first kappa shape index (κ1) is 33.4. The highest BCUT2D eigenvalue weighted by Crippen LogP contribution is 2.50. The molecule has 2 aromatic carbocycles. The lowest BCUT2D eigenvalue weighted by Gasteiger charge is -2.45. The maximum absolute atomic E-state index is 13.5. The highest BCUT2D eigenvalue weighted by Gasteiger charge is 2.53. The number of nitrogens with zero attached hydrogens (tertiary/aromatic N) is 1. The standard InChI is InChI=1S/C26H32F2N4O4.C2HF3O2/c1-29-15-24(33)32-11-10-26(16-4-7-21(35-2)22(12-16)36-3)9-8-18(14-23(26)32)31-25(34)30-17-5-6-19(27)20(28)13-17;3-2(4,5)1(6)7/h4-7,12-13,18,23,29H,8-11,14-15H2,1-3H3,(H2,30,31,34);(H,6,7). The van der Waals surface area contributed by atoms with Crippen molar-refractivity contribution in [2.24, 2.45) is 0 Å². The summed E-state index contributed by atoms with van der Waals surface area (Å²) in [7, 11) is 4.93. The third kappa shape index (κ3) is 7.83. The Bertz CT molecular complexity index is 1330. The van der Waals surface area contributed by atoms with Gasteiger partial charge in [-0.3, -0.25) is 4.79 Å². The predicted octanol–water partition coefficient (Wildman–Crippen LogP) is 4.05. The van der Waals surface area contributed by atoms with Gasteiger partial charge < -0.3 is 35.4 Å². The van der Waals surface area contributed by atoms with Gasteiger partial charge in [0.05, 0.1) is 20.8 Å². The van der Waals surface area contributed by atoms with Crippen LogP contribution >= 0.6 is 0 Å². The summed E-state index contributed by atoms with van der Waals surface area (Å²) < 4.78 is 69.4. The molecular weight excluding hydrogens is 583 g/mol. The molecule has 3 amide bonds. The highest BCUT2D eigenvalue weighted by molar-refractivity contribution is 5.89. The molecule has 1 heterocycles. The zero-order chi connectivity index (χ0) is 31.9. The number of carbonyl (C=O) groups is 3. The fourth-order valence-corrected chi connectivity index (χ4v) is 5.64. The molecule has 1 saturated heterocycles. The van der Waals surface area contributed by atoms with E-state index in [1.807, 2.05) is 23.1 Å². The van der Waals surface area contributed by atoms with Crippen molar-refractivity contribution in [3.63, 3.8) is 0 Å². The molecule has 1 saturated carbocycles. The van der Waals surface area contributed by atoms with Crippen LogP contribution in [0.1, 0.15) is 31.2 Å². The van der Waals surface area contributed by atoms with Gasteiger partial charge in [-0.1, -0.05) is 6.07 Å². The summed E-state index contributed by atoms with van der Waals surface area (Å²) in [5, 5.41) is 15.6. The van der Waals surface area contributed by atoms with Crippen molar-refractivity contribution < 1.29 is 50.9 Å². The first-order valence-electron chi connectivity index (χ1n) is 13.2. The van der Waals surface area contributed by atoms with E-state index in [1.54, 1.807) is 21.3 Å². The number of benzene rings is 2. The Morgan fingerprint density at radius 3 is 2.28 bits per heavy atom. The van der Waals surface area contributed by atoms with Crippen LogP contribution < -0.4 is 25.4 Å². The Hall–Kier alpha value is -4.14. The number of ether oxygens (including phenoxy) is 2. The molecule has 3 atom stereocenters. The summed E-state index contributed by atoms with van der Waals surface area (Å²) in [5.74, 6) is -3.49. The molecule has 1 aliphatic heterocycles. The molecule has 3 unspecified atom stereocenters. The van der Waals surface area contributed by atoms with Crippen LogP contribution in [0.5, 0.6) is 11.5 Å². The minimum atomic E-state index is -5.08. The first-order chi connectivity index (χ1) is 20.2. The van der Waals surface area contributed by atoms with Crippen LogP contribution in [-0.4, -0.2) is 80.5 Å². The molecule has 2 aromatic rings. The SMILES string of the molecule is CNCC(=O)N1CCC2(c3ccc(OC)c(OC)c3)CCC(NC(=O)Nc3ccc(F)c(F)c3)CC12.O=C(O)C(F)(F)F. The molecule has 0 aromatic heterocycles. The van der Waals surface area contributed by atoms with Gasteiger partial charge in [-0.05, 0) is 62.6 Å². The molecule has 2 aliphatic rings. The fourth-order valence-electron chi connectivity index (χ4n) is 5.64. The summed E-state index contributed by atoms with van der Waals surface area (Å²) in [5.41, 5.74) is 0.959. The minimum Gasteiger partial charge on any atom is -0.493 e. The van der Waals surface area contributed by atoms with Gasteiger partial charge >= 0.3 is 18.2 Å². The molecule has 43 heavy (non-hydrogen) atoms. The van der Waals surface area contributed by atoms with Gasteiger partial charge in [0, 0.05) is 35.8 Å². The second-order valence-corrected chi connectivity index (χ2v) is 10.1. The van der Waals surface area contributed by atoms with E-state index in [4.69, 9.17) is 19.4 Å². The van der Waals surface area contributed by atoms with Crippen molar-refractivity contribution in [1.82, 2.24) is 15.5 Å². The second-order valence-electron chi connectivity index (χ2n) is 10.1. The van der Waals surface area contributed by atoms with E-state index < -0.39 is 29.8 Å². The molecular formula is C28H33F5N4O6. The number of aliphatic carboxylic acids is 1. The number of likely N-dealkylation sites (tertiary alicyclic amines) is 1. The lowest BCUT2D eigenvalue weighted by molar-refractivity contribution is -0.192. The number of hydrogen-bond donors (Lipinski definition) is 4. The van der Waals surface area contributed by atoms with E-state index >= 15 is 0 Å². The molecule has 236 valence electrons. The Morgan fingerprint density at radius 1 is 1.02 bits per heavy atom. The smallest absolute Gasteiger partial charge is 0.490 e. The van der Waals surface area contributed by atoms with Gasteiger partial charge in [0.1, 0.15) is 0 Å². The Balaban J connectivity index is 0.000000646. The molecule has 1 aliphatic carbocycles. The van der Waals surface area contributed by atoms with Crippen LogP contribution in [-0.2, 0) is 15.0 Å². The summed E-state index contributed by atoms with van der Waals surface area (Å²) in [6, 6.07) is 8.28. The molecule has 4 rings (SSSR count). The number of alkyl halides is 3. The quantitative estimate of drug-likeness (QED) is 0.346. The van der Waals surface area contributed by atoms with Gasteiger partial charge in [0.25, 0.3) is 0 Å². The predicted molar refractivity (Wildman–Crippen MR) is 145 cm³/mol. The number of amides is 3. The highest BCUT2D eigenvalue weighted by atomic mass is 19.4. The van der Waals surface area contributed by atoms with E-state index in [0.717, 1.165) is 30.5 Å². The van der Waals surface area contributed by atoms with Crippen molar-refractivity contribution in [3.8, 4) is 11.5 Å². The maximum Gasteiger partial charge on any atom is 0.490 e. The largest absolute Gasteiger partial charge is 0.493 e. The van der Waals surface area contributed by atoms with Gasteiger partial charge in [-0.2, -0.15) is 13.2 Å². The first-order valence-corrected chi connectivity index (χ1v) is 13.2. The van der Waals surface area contributed by atoms with Gasteiger partial charge in [0.2, 0.25) is 5.91 Å². The zero-order valence-corrected chi connectivity index (χ0v) is 23.7. The lowest BCUT2D eigenvalue weighted by Crippen LogP contribution is -2.54. The van der Waals surface area contributed by atoms with Crippen LogP contribution in [0.15, 0.2) is 36.4 Å². The van der Waals surface area contributed by atoms with Gasteiger partial charge in [-0.25, -0.2) is 18.4 Å². The van der Waals surface area contributed by atoms with Crippen molar-refractivity contribution >= 4 is 23.6 Å². The fraction of sp³-hybridized carbons (Fsp3) is 0.464. The molecule has 0 radical (unpaired) electrons. The van der Waals surface area contributed by atoms with Crippen LogP contribution in [0.25, 0.3) is 0 Å². The maximum atomic E-state index is 13.5. The average Bonchev–Trinajstić information content (AvgIpc) is 3.34. The van der Waals surface area contributed by atoms with E-state index in [9.17, 15) is 31.5 Å². The van der Waals surface area contributed by atoms with Gasteiger partial charge in [0.15, 0.2) is 23.1 Å². The number of urea groups is 1. The minimum absolute atomic E-state index is 0.0109. The molecule has 10 nitrogen and oxygen atoms in total. The average molecular weight is 617 g/mol. The molecule has 4 N–H and O–H groups in total. The number of anilines is 1. The third-order valence-corrected chi connectivity index (χ3v) is 7.62. The number of nitrogens with one attached hydrogen (secondary N) is 3. The van der Waals surface area contributed by atoms with Crippen LogP contribution in [0.2, 0.25) is 0 Å². The third-order valence-electron chi connectivity index (χ3n) is 7.62. The normalized spacial score (nSPS) is 21.2. The number of likely N-dealkylation sites (N-methyl/N-ethyl adjacent to an activating group) is 1. The molecule has 2 fully saturated rings. The Labute approximate surface area is 244 Å². The van der Waals surface area contributed by atoms with Gasteiger partial charge in [-0.15, -0.1) is 0 Å². The van der Waals surface area contributed by atoms with E-state index in [1.165, 1.54) is 6.07 Å². The number of rotatable bonds is 7. The molecule has 0 spiro atoms. The van der Waals surface area contributed by atoms with E-state index in [-0.39, 0.29) is 35.6 Å². The lowest BCUT2D eigenvalue weighted by atomic mass is 9.65. The monoisotopic (exact) mass is 616 g/mol. The van der Waals surface area contributed by atoms with Crippen molar-refractivity contribution in [1.29, 1.82) is 0 Å². The summed E-state index contributed by atoms with van der Waals surface area (Å²) in [6.45, 7) is 0.848. The second kappa shape index (κ2) is 13.9. The van der Waals surface area contributed by atoms with Crippen molar-refractivity contribution in [2.45, 2.75) is 49.4 Å². The van der Waals surface area contributed by atoms with Crippen LogP contribution in [0.4, 0.5) is 32.4 Å². The summed E-state index contributed by atoms with van der Waals surface area (Å²) in [6.07, 6.45) is -2.26. The molecule has 15 heteroatoms. The van der Waals surface area contributed by atoms with E-state index in [2.05, 4.69) is 16.0 Å². The number of halogens is 5. The Kier molecular flexibility index (Phi) is 10.8. The number of methoxy groups -OCH3 is 2. The summed E-state index contributed by atoms with van der Waals surface area (Å²) >= 11 is 0. The van der Waals surface area contributed by atoms with Crippen LogP contribution in [0.3, 0.4) is 0 Å². The number of carboxylic acids is 1. The van der Waals surface area contributed by atoms with E-state index in [0.29, 0.717) is 30.9 Å². The summed E-state index contributed by atoms with van der Waals surface area (Å²) in [4.78, 5) is 36.4. The van der Waals surface area contributed by atoms with Crippen molar-refractivity contribution in [3.05, 3.63) is 53.6 Å². The number of fused-ring (bicyclic) bond motifs is 1. The number of carboxylic acid groups (broad SMARTS) is 1. The van der Waals surface area contributed by atoms with Crippen molar-refractivity contribution in [2.75, 3.05) is 39.7 Å².